The number of hydrogen-bond donors (Lipinski definition) is 1. The SMILES string of the molecule is O=CC1=C[C@]2(O)CC/C=C\CCCCN3CC[C@H]1[C@@]1(C[C@H]4/C=C\CCCCN4[C@@H]12)C3. The van der Waals surface area contributed by atoms with Crippen LogP contribution in [-0.2, 0) is 4.79 Å². The predicted octanol–water partition coefficient (Wildman–Crippen LogP) is 3.87. The minimum Gasteiger partial charge on any atom is -0.384 e. The minimum absolute atomic E-state index is 0.0187. The fraction of sp³-hybridized carbons (Fsp3) is 0.731. The van der Waals surface area contributed by atoms with Crippen LogP contribution in [0.3, 0.4) is 0 Å². The lowest BCUT2D eigenvalue weighted by molar-refractivity contribution is -0.114. The van der Waals surface area contributed by atoms with Crippen LogP contribution in [-0.4, -0.2) is 65.1 Å². The van der Waals surface area contributed by atoms with E-state index >= 15 is 0 Å². The second-order valence-electron chi connectivity index (χ2n) is 10.4. The summed E-state index contributed by atoms with van der Waals surface area (Å²) in [6.45, 7) is 4.33. The quantitative estimate of drug-likeness (QED) is 0.526. The smallest absolute Gasteiger partial charge is 0.146 e. The van der Waals surface area contributed by atoms with E-state index in [0.29, 0.717) is 18.4 Å². The van der Waals surface area contributed by atoms with E-state index in [9.17, 15) is 9.90 Å². The van der Waals surface area contributed by atoms with Gasteiger partial charge in [-0.25, -0.2) is 0 Å². The lowest BCUT2D eigenvalue weighted by Gasteiger charge is -2.57. The molecule has 1 N–H and O–H groups in total. The van der Waals surface area contributed by atoms with Gasteiger partial charge in [-0.05, 0) is 101 Å². The van der Waals surface area contributed by atoms with Crippen molar-refractivity contribution in [1.29, 1.82) is 0 Å². The summed E-state index contributed by atoms with van der Waals surface area (Å²) < 4.78 is 0. The Morgan fingerprint density at radius 1 is 1.00 bits per heavy atom. The van der Waals surface area contributed by atoms with E-state index in [1.807, 2.05) is 6.08 Å². The highest BCUT2D eigenvalue weighted by atomic mass is 16.3. The van der Waals surface area contributed by atoms with E-state index in [2.05, 4.69) is 34.1 Å². The van der Waals surface area contributed by atoms with Crippen LogP contribution in [0.2, 0.25) is 0 Å². The number of fused-ring (bicyclic) bond motifs is 2. The zero-order chi connectivity index (χ0) is 20.6. The highest BCUT2D eigenvalue weighted by molar-refractivity contribution is 5.76. The second-order valence-corrected chi connectivity index (χ2v) is 10.4. The van der Waals surface area contributed by atoms with Gasteiger partial charge in [0.2, 0.25) is 0 Å². The van der Waals surface area contributed by atoms with Crippen LogP contribution < -0.4 is 0 Å². The van der Waals surface area contributed by atoms with Crippen LogP contribution in [0.1, 0.15) is 64.2 Å². The summed E-state index contributed by atoms with van der Waals surface area (Å²) in [6, 6.07) is 0.510. The minimum atomic E-state index is -0.921. The Balaban J connectivity index is 1.63. The van der Waals surface area contributed by atoms with Gasteiger partial charge in [-0.3, -0.25) is 9.69 Å². The molecule has 0 aromatic rings. The lowest BCUT2D eigenvalue weighted by Crippen LogP contribution is -2.66. The molecule has 1 spiro atoms. The first-order valence-corrected chi connectivity index (χ1v) is 12.4. The summed E-state index contributed by atoms with van der Waals surface area (Å²) in [5.74, 6) is 0.291. The molecule has 6 atom stereocenters. The molecule has 4 aliphatic heterocycles. The number of aldehydes is 1. The van der Waals surface area contributed by atoms with Crippen molar-refractivity contribution in [3.63, 3.8) is 0 Å². The number of hydrogen-bond acceptors (Lipinski definition) is 4. The molecule has 1 unspecified atom stereocenters. The molecule has 2 fully saturated rings. The molecule has 0 aromatic heterocycles. The Hall–Kier alpha value is -1.23. The van der Waals surface area contributed by atoms with E-state index in [1.165, 1.54) is 32.1 Å². The van der Waals surface area contributed by atoms with E-state index < -0.39 is 5.60 Å². The molecule has 30 heavy (non-hydrogen) atoms. The number of nitrogens with zero attached hydrogens (tertiary/aromatic N) is 2. The van der Waals surface area contributed by atoms with Gasteiger partial charge in [0.05, 0.1) is 11.6 Å². The lowest BCUT2D eigenvalue weighted by atomic mass is 9.55. The van der Waals surface area contributed by atoms with Crippen molar-refractivity contribution < 1.29 is 9.90 Å². The largest absolute Gasteiger partial charge is 0.384 e. The summed E-state index contributed by atoms with van der Waals surface area (Å²) in [6.07, 6.45) is 23.4. The van der Waals surface area contributed by atoms with E-state index in [1.54, 1.807) is 0 Å². The summed E-state index contributed by atoms with van der Waals surface area (Å²) in [5, 5.41) is 12.2. The third-order valence-corrected chi connectivity index (χ3v) is 8.63. The summed E-state index contributed by atoms with van der Waals surface area (Å²) in [7, 11) is 0. The molecule has 4 heterocycles. The summed E-state index contributed by atoms with van der Waals surface area (Å²) in [4.78, 5) is 17.5. The molecule has 3 bridgehead atoms. The molecule has 5 aliphatic rings. The van der Waals surface area contributed by atoms with Crippen molar-refractivity contribution in [1.82, 2.24) is 9.80 Å². The Bertz CT molecular complexity index is 743. The molecule has 1 aliphatic carbocycles. The van der Waals surface area contributed by atoms with Gasteiger partial charge in [0, 0.05) is 18.0 Å². The number of carbonyl (C=O) groups excluding carboxylic acids is 1. The number of allylic oxidation sites excluding steroid dienone is 4. The van der Waals surface area contributed by atoms with Gasteiger partial charge in [-0.1, -0.05) is 24.3 Å². The molecular formula is C26H38N2O2. The maximum atomic E-state index is 12.2. The highest BCUT2D eigenvalue weighted by Gasteiger charge is 2.65. The molecule has 2 saturated heterocycles. The van der Waals surface area contributed by atoms with Gasteiger partial charge in [0.15, 0.2) is 0 Å². The second kappa shape index (κ2) is 8.37. The molecule has 0 saturated carbocycles. The number of piperidine rings is 1. The van der Waals surface area contributed by atoms with Crippen molar-refractivity contribution in [2.24, 2.45) is 11.3 Å². The van der Waals surface area contributed by atoms with Gasteiger partial charge in [-0.2, -0.15) is 0 Å². The van der Waals surface area contributed by atoms with Crippen molar-refractivity contribution >= 4 is 6.29 Å². The topological polar surface area (TPSA) is 43.8 Å². The predicted molar refractivity (Wildman–Crippen MR) is 120 cm³/mol. The molecule has 4 heteroatoms. The summed E-state index contributed by atoms with van der Waals surface area (Å²) in [5.41, 5.74) is -0.0582. The molecule has 0 aromatic carbocycles. The third kappa shape index (κ3) is 3.45. The van der Waals surface area contributed by atoms with Crippen LogP contribution in [0, 0.1) is 11.3 Å². The first-order valence-electron chi connectivity index (χ1n) is 12.4. The molecule has 0 amide bonds. The first-order chi connectivity index (χ1) is 14.7. The average Bonchev–Trinajstić information content (AvgIpc) is 3.01. The van der Waals surface area contributed by atoms with Gasteiger partial charge in [0.1, 0.15) is 6.29 Å². The molecule has 4 nitrogen and oxygen atoms in total. The van der Waals surface area contributed by atoms with Gasteiger partial charge < -0.3 is 10.0 Å². The van der Waals surface area contributed by atoms with Crippen LogP contribution in [0.25, 0.3) is 0 Å². The van der Waals surface area contributed by atoms with Crippen LogP contribution >= 0.6 is 0 Å². The molecular weight excluding hydrogens is 372 g/mol. The Labute approximate surface area is 181 Å². The Morgan fingerprint density at radius 2 is 1.80 bits per heavy atom. The molecule has 0 radical (unpaired) electrons. The maximum Gasteiger partial charge on any atom is 0.146 e. The number of aliphatic hydroxyl groups is 1. The number of carbonyl (C=O) groups is 1. The monoisotopic (exact) mass is 410 g/mol. The molecule has 5 rings (SSSR count). The maximum absolute atomic E-state index is 12.2. The zero-order valence-electron chi connectivity index (χ0n) is 18.3. The van der Waals surface area contributed by atoms with Gasteiger partial charge in [0.25, 0.3) is 0 Å². The van der Waals surface area contributed by atoms with Crippen molar-refractivity contribution in [3.8, 4) is 0 Å². The fourth-order valence-corrected chi connectivity index (χ4v) is 7.53. The number of rotatable bonds is 1. The van der Waals surface area contributed by atoms with Crippen molar-refractivity contribution in [3.05, 3.63) is 36.0 Å². The average molecular weight is 411 g/mol. The zero-order valence-corrected chi connectivity index (χ0v) is 18.3. The Morgan fingerprint density at radius 3 is 2.67 bits per heavy atom. The standard InChI is InChI=1S/C26H38N2O2/c29-19-21-17-26(30)13-8-4-1-2-5-9-14-27-16-12-23(21)25(20-27)18-22-11-7-3-6-10-15-28(22)24(25)26/h1,4,7,11,17,19,22-24,30H,2-3,5-6,8-10,12-16,18,20H2/b4-1-,11-7-/t22-,23-,24+,25-,26-/m1/s1. The van der Waals surface area contributed by atoms with Crippen LogP contribution in [0.5, 0.6) is 0 Å². The normalized spacial score (nSPS) is 46.6. The highest BCUT2D eigenvalue weighted by Crippen LogP contribution is 2.59. The fourth-order valence-electron chi connectivity index (χ4n) is 7.53. The van der Waals surface area contributed by atoms with Crippen molar-refractivity contribution in [2.45, 2.75) is 81.9 Å². The third-order valence-electron chi connectivity index (χ3n) is 8.63. The van der Waals surface area contributed by atoms with Gasteiger partial charge >= 0.3 is 0 Å². The van der Waals surface area contributed by atoms with Crippen LogP contribution in [0.15, 0.2) is 36.0 Å². The van der Waals surface area contributed by atoms with E-state index in [0.717, 1.165) is 63.7 Å². The summed E-state index contributed by atoms with van der Waals surface area (Å²) >= 11 is 0. The first kappa shape index (κ1) is 20.7. The molecule has 164 valence electrons. The Kier molecular flexibility index (Phi) is 5.76. The van der Waals surface area contributed by atoms with E-state index in [4.69, 9.17) is 0 Å². The van der Waals surface area contributed by atoms with Gasteiger partial charge in [-0.15, -0.1) is 0 Å². The van der Waals surface area contributed by atoms with E-state index in [-0.39, 0.29) is 11.5 Å². The van der Waals surface area contributed by atoms with Crippen molar-refractivity contribution in [2.75, 3.05) is 26.2 Å². The van der Waals surface area contributed by atoms with Crippen LogP contribution in [0.4, 0.5) is 0 Å².